The fourth-order valence-electron chi connectivity index (χ4n) is 3.07. The molecule has 2 aromatic carbocycles. The van der Waals surface area contributed by atoms with E-state index in [2.05, 4.69) is 5.32 Å². The van der Waals surface area contributed by atoms with Crippen LogP contribution in [0.3, 0.4) is 0 Å². The minimum atomic E-state index is -0.277. The molecule has 0 bridgehead atoms. The second-order valence-electron chi connectivity index (χ2n) is 6.48. The van der Waals surface area contributed by atoms with Gasteiger partial charge in [0.15, 0.2) is 0 Å². The van der Waals surface area contributed by atoms with Crippen LogP contribution in [0.25, 0.3) is 0 Å². The van der Waals surface area contributed by atoms with Gasteiger partial charge in [0.05, 0.1) is 11.3 Å². The van der Waals surface area contributed by atoms with Crippen LogP contribution in [-0.4, -0.2) is 35.6 Å². The molecule has 1 aliphatic rings. The van der Waals surface area contributed by atoms with Crippen molar-refractivity contribution in [1.29, 1.82) is 0 Å². The number of carbonyl (C=O) groups is 2. The minimum absolute atomic E-state index is 0.0358. The number of rotatable bonds is 6. The van der Waals surface area contributed by atoms with E-state index >= 15 is 0 Å². The summed E-state index contributed by atoms with van der Waals surface area (Å²) in [6, 6.07) is 13.6. The monoisotopic (exact) mass is 386 g/mol. The van der Waals surface area contributed by atoms with Crippen LogP contribution in [0.15, 0.2) is 53.4 Å². The van der Waals surface area contributed by atoms with E-state index < -0.39 is 0 Å². The molecule has 0 atom stereocenters. The molecule has 142 valence electrons. The molecule has 0 aromatic heterocycles. The maximum absolute atomic E-state index is 13.6. The first kappa shape index (κ1) is 19.4. The number of piperidine rings is 1. The Morgan fingerprint density at radius 1 is 1.00 bits per heavy atom. The van der Waals surface area contributed by atoms with Crippen LogP contribution in [0, 0.1) is 5.82 Å². The Hall–Kier alpha value is -2.34. The number of nitrogens with zero attached hydrogens (tertiary/aromatic N) is 1. The lowest BCUT2D eigenvalue weighted by Crippen LogP contribution is -2.36. The summed E-state index contributed by atoms with van der Waals surface area (Å²) in [6.07, 6.45) is 3.44. The quantitative estimate of drug-likeness (QED) is 0.740. The topological polar surface area (TPSA) is 49.4 Å². The molecule has 0 unspecified atom stereocenters. The molecule has 2 amide bonds. The van der Waals surface area contributed by atoms with Crippen LogP contribution in [-0.2, 0) is 4.79 Å². The summed E-state index contributed by atoms with van der Waals surface area (Å²) >= 11 is 1.31. The summed E-state index contributed by atoms with van der Waals surface area (Å²) < 4.78 is 13.6. The molecule has 1 saturated heterocycles. The Labute approximate surface area is 163 Å². The number of benzene rings is 2. The summed E-state index contributed by atoms with van der Waals surface area (Å²) in [6.45, 7) is 1.53. The molecule has 1 aliphatic heterocycles. The molecule has 1 heterocycles. The fourth-order valence-corrected chi connectivity index (χ4v) is 3.96. The lowest BCUT2D eigenvalue weighted by molar-refractivity contribution is -0.115. The summed E-state index contributed by atoms with van der Waals surface area (Å²) in [5.74, 6) is -0.0286. The largest absolute Gasteiger partial charge is 0.339 e. The molecule has 4 nitrogen and oxygen atoms in total. The standard InChI is InChI=1S/C21H23FN2O2S/c22-17-9-3-5-11-19(17)27-15-12-20(25)23-18-10-4-2-8-16(18)21(26)24-13-6-1-7-14-24/h2-5,8-11H,1,6-7,12-15H2,(H,23,25). The third-order valence-corrected chi connectivity index (χ3v) is 5.55. The molecule has 6 heteroatoms. The number of carbonyl (C=O) groups excluding carboxylic acids is 2. The van der Waals surface area contributed by atoms with E-state index in [1.807, 2.05) is 4.90 Å². The lowest BCUT2D eigenvalue weighted by Gasteiger charge is -2.27. The highest BCUT2D eigenvalue weighted by atomic mass is 32.2. The van der Waals surface area contributed by atoms with Crippen molar-refractivity contribution in [3.63, 3.8) is 0 Å². The number of nitrogens with one attached hydrogen (secondary N) is 1. The fraction of sp³-hybridized carbons (Fsp3) is 0.333. The van der Waals surface area contributed by atoms with Crippen molar-refractivity contribution < 1.29 is 14.0 Å². The molecule has 0 spiro atoms. The van der Waals surface area contributed by atoms with Crippen LogP contribution in [0.2, 0.25) is 0 Å². The normalized spacial score (nSPS) is 14.0. The van der Waals surface area contributed by atoms with E-state index in [0.29, 0.717) is 21.9 Å². The van der Waals surface area contributed by atoms with Crippen LogP contribution in [0.1, 0.15) is 36.0 Å². The average Bonchev–Trinajstić information content (AvgIpc) is 2.70. The van der Waals surface area contributed by atoms with Crippen molar-refractivity contribution in [1.82, 2.24) is 4.90 Å². The Morgan fingerprint density at radius 2 is 1.70 bits per heavy atom. The summed E-state index contributed by atoms with van der Waals surface area (Å²) in [5, 5.41) is 2.84. The van der Waals surface area contributed by atoms with Gasteiger partial charge < -0.3 is 10.2 Å². The number of hydrogen-bond acceptors (Lipinski definition) is 3. The highest BCUT2D eigenvalue weighted by Gasteiger charge is 2.21. The van der Waals surface area contributed by atoms with E-state index in [9.17, 15) is 14.0 Å². The van der Waals surface area contributed by atoms with Crippen LogP contribution < -0.4 is 5.32 Å². The van der Waals surface area contributed by atoms with Crippen molar-refractivity contribution in [2.75, 3.05) is 24.2 Å². The molecule has 2 aromatic rings. The van der Waals surface area contributed by atoms with E-state index in [1.165, 1.54) is 17.8 Å². The highest BCUT2D eigenvalue weighted by Crippen LogP contribution is 2.23. The molecular formula is C21H23FN2O2S. The van der Waals surface area contributed by atoms with Gasteiger partial charge in [0.2, 0.25) is 5.91 Å². The summed E-state index contributed by atoms with van der Waals surface area (Å²) in [4.78, 5) is 27.4. The lowest BCUT2D eigenvalue weighted by atomic mass is 10.1. The van der Waals surface area contributed by atoms with Crippen LogP contribution in [0.5, 0.6) is 0 Å². The molecule has 0 saturated carbocycles. The van der Waals surface area contributed by atoms with Crippen molar-refractivity contribution >= 4 is 29.3 Å². The Balaban J connectivity index is 1.57. The third-order valence-electron chi connectivity index (χ3n) is 4.50. The Kier molecular flexibility index (Phi) is 6.87. The number of thioether (sulfide) groups is 1. The molecule has 1 N–H and O–H groups in total. The second-order valence-corrected chi connectivity index (χ2v) is 7.61. The van der Waals surface area contributed by atoms with E-state index in [0.717, 1.165) is 32.4 Å². The maximum atomic E-state index is 13.6. The number of amides is 2. The number of hydrogen-bond donors (Lipinski definition) is 1. The van der Waals surface area contributed by atoms with Crippen LogP contribution >= 0.6 is 11.8 Å². The van der Waals surface area contributed by atoms with Gasteiger partial charge in [-0.2, -0.15) is 0 Å². The Bertz CT molecular complexity index is 806. The maximum Gasteiger partial charge on any atom is 0.255 e. The van der Waals surface area contributed by atoms with Crippen molar-refractivity contribution in [3.8, 4) is 0 Å². The smallest absolute Gasteiger partial charge is 0.255 e. The van der Waals surface area contributed by atoms with Crippen LogP contribution in [0.4, 0.5) is 10.1 Å². The molecule has 3 rings (SSSR count). The molecular weight excluding hydrogens is 363 g/mol. The van der Waals surface area contributed by atoms with E-state index in [-0.39, 0.29) is 24.1 Å². The first-order valence-corrected chi connectivity index (χ1v) is 10.2. The highest BCUT2D eigenvalue weighted by molar-refractivity contribution is 7.99. The van der Waals surface area contributed by atoms with Gasteiger partial charge in [0.25, 0.3) is 5.91 Å². The summed E-state index contributed by atoms with van der Waals surface area (Å²) in [5.41, 5.74) is 1.06. The first-order chi connectivity index (χ1) is 13.1. The van der Waals surface area contributed by atoms with Gasteiger partial charge >= 0.3 is 0 Å². The van der Waals surface area contributed by atoms with Gasteiger partial charge in [0.1, 0.15) is 5.82 Å². The molecule has 0 radical (unpaired) electrons. The predicted molar refractivity (Wildman–Crippen MR) is 107 cm³/mol. The van der Waals surface area contributed by atoms with Gasteiger partial charge in [-0.3, -0.25) is 9.59 Å². The minimum Gasteiger partial charge on any atom is -0.339 e. The molecule has 27 heavy (non-hydrogen) atoms. The summed E-state index contributed by atoms with van der Waals surface area (Å²) in [7, 11) is 0. The van der Waals surface area contributed by atoms with Gasteiger partial charge in [-0.25, -0.2) is 4.39 Å². The molecule has 0 aliphatic carbocycles. The predicted octanol–water partition coefficient (Wildman–Crippen LogP) is 4.57. The SMILES string of the molecule is O=C(CCSc1ccccc1F)Nc1ccccc1C(=O)N1CCCCC1. The zero-order valence-electron chi connectivity index (χ0n) is 15.1. The zero-order valence-corrected chi connectivity index (χ0v) is 15.9. The average molecular weight is 386 g/mol. The van der Waals surface area contributed by atoms with Crippen molar-refractivity contribution in [2.45, 2.75) is 30.6 Å². The number of halogens is 1. The van der Waals surface area contributed by atoms with Gasteiger partial charge in [0, 0.05) is 30.2 Å². The van der Waals surface area contributed by atoms with Crippen molar-refractivity contribution in [3.05, 3.63) is 59.9 Å². The first-order valence-electron chi connectivity index (χ1n) is 9.20. The third kappa shape index (κ3) is 5.32. The second kappa shape index (κ2) is 9.55. The zero-order chi connectivity index (χ0) is 19.1. The van der Waals surface area contributed by atoms with Gasteiger partial charge in [-0.15, -0.1) is 11.8 Å². The van der Waals surface area contributed by atoms with E-state index in [1.54, 1.807) is 42.5 Å². The number of likely N-dealkylation sites (tertiary alicyclic amines) is 1. The number of anilines is 1. The molecule has 1 fully saturated rings. The Morgan fingerprint density at radius 3 is 2.48 bits per heavy atom. The van der Waals surface area contributed by atoms with Gasteiger partial charge in [-0.1, -0.05) is 24.3 Å². The number of para-hydroxylation sites is 1. The van der Waals surface area contributed by atoms with Gasteiger partial charge in [-0.05, 0) is 43.5 Å². The van der Waals surface area contributed by atoms with E-state index in [4.69, 9.17) is 0 Å². The van der Waals surface area contributed by atoms with Crippen molar-refractivity contribution in [2.24, 2.45) is 0 Å².